The number of carbonyl (C=O) groups excluding carboxylic acids is 2. The van der Waals surface area contributed by atoms with Crippen LogP contribution in [0.2, 0.25) is 0 Å². The fraction of sp³-hybridized carbons (Fsp3) is 0.294. The second kappa shape index (κ2) is 8.05. The predicted molar refractivity (Wildman–Crippen MR) is 95.5 cm³/mol. The van der Waals surface area contributed by atoms with Gasteiger partial charge in [-0.05, 0) is 13.0 Å². The van der Waals surface area contributed by atoms with E-state index >= 15 is 0 Å². The molecular weight excluding hydrogens is 397 g/mol. The number of amides is 2. The maximum atomic E-state index is 13.1. The number of para-hydroxylation sites is 1. The topological polar surface area (TPSA) is 93.2 Å². The van der Waals surface area contributed by atoms with E-state index in [-0.39, 0.29) is 40.7 Å². The molecule has 0 unspecified atom stereocenters. The molecule has 0 saturated carbocycles. The summed E-state index contributed by atoms with van der Waals surface area (Å²) in [5.74, 6) is -1.82. The summed E-state index contributed by atoms with van der Waals surface area (Å²) in [6, 6.07) is 5.81. The van der Waals surface area contributed by atoms with E-state index < -0.39 is 24.0 Å². The van der Waals surface area contributed by atoms with Crippen LogP contribution in [0.4, 0.5) is 18.0 Å². The molecule has 148 valence electrons. The summed E-state index contributed by atoms with van der Waals surface area (Å²) in [5, 5.41) is 5.52. The van der Waals surface area contributed by atoms with E-state index in [1.807, 2.05) is 0 Å². The van der Waals surface area contributed by atoms with Crippen molar-refractivity contribution >= 4 is 34.7 Å². The molecule has 28 heavy (non-hydrogen) atoms. The van der Waals surface area contributed by atoms with E-state index in [0.29, 0.717) is 5.39 Å². The van der Waals surface area contributed by atoms with Gasteiger partial charge in [-0.1, -0.05) is 30.0 Å². The van der Waals surface area contributed by atoms with Gasteiger partial charge in [0.05, 0.1) is 24.2 Å². The number of hydrogen-bond donors (Lipinski definition) is 2. The normalized spacial score (nSPS) is 14.6. The minimum Gasteiger partial charge on any atom is -0.463 e. The first-order valence-electron chi connectivity index (χ1n) is 8.20. The molecule has 1 aliphatic heterocycles. The fourth-order valence-electron chi connectivity index (χ4n) is 2.49. The number of thioether (sulfide) groups is 1. The monoisotopic (exact) mass is 412 g/mol. The minimum atomic E-state index is -4.70. The third kappa shape index (κ3) is 4.35. The number of urea groups is 1. The summed E-state index contributed by atoms with van der Waals surface area (Å²) in [7, 11) is 0. The average Bonchev–Trinajstić information content (AvgIpc) is 2.65. The Morgan fingerprint density at radius 1 is 1.29 bits per heavy atom. The molecule has 1 aromatic heterocycles. The quantitative estimate of drug-likeness (QED) is 0.446. The van der Waals surface area contributed by atoms with Crippen molar-refractivity contribution in [2.75, 3.05) is 18.9 Å². The Morgan fingerprint density at radius 2 is 2.04 bits per heavy atom. The number of rotatable bonds is 5. The number of aromatic nitrogens is 2. The molecule has 0 spiro atoms. The lowest BCUT2D eigenvalue weighted by atomic mass is 10.2. The summed E-state index contributed by atoms with van der Waals surface area (Å²) in [6.07, 6.45) is -4.70. The van der Waals surface area contributed by atoms with Gasteiger partial charge in [0.2, 0.25) is 5.82 Å². The number of nitrogens with one attached hydrogen (secondary N) is 2. The Kier molecular flexibility index (Phi) is 5.73. The Bertz CT molecular complexity index is 962. The van der Waals surface area contributed by atoms with Gasteiger partial charge < -0.3 is 15.4 Å². The molecule has 2 heterocycles. The lowest BCUT2D eigenvalue weighted by Gasteiger charge is -2.21. The number of fused-ring (bicyclic) bond motifs is 1. The molecular formula is C17H15F3N4O3S. The minimum absolute atomic E-state index is 0.0277. The molecule has 0 atom stereocenters. The number of ether oxygens (including phenoxy) is 1. The van der Waals surface area contributed by atoms with Crippen LogP contribution in [-0.2, 0) is 15.7 Å². The zero-order chi connectivity index (χ0) is 20.3. The first-order valence-corrected chi connectivity index (χ1v) is 9.19. The largest absolute Gasteiger partial charge is 0.463 e. The van der Waals surface area contributed by atoms with Crippen molar-refractivity contribution in [3.8, 4) is 0 Å². The van der Waals surface area contributed by atoms with Gasteiger partial charge in [-0.15, -0.1) is 0 Å². The number of halogens is 3. The lowest BCUT2D eigenvalue weighted by molar-refractivity contribution is -0.145. The highest BCUT2D eigenvalue weighted by Crippen LogP contribution is 2.32. The van der Waals surface area contributed by atoms with E-state index in [4.69, 9.17) is 4.74 Å². The Balaban J connectivity index is 1.95. The predicted octanol–water partition coefficient (Wildman–Crippen LogP) is 2.87. The third-order valence-electron chi connectivity index (χ3n) is 3.75. The maximum absolute atomic E-state index is 13.1. The first-order chi connectivity index (χ1) is 13.3. The summed E-state index contributed by atoms with van der Waals surface area (Å²) >= 11 is 0.969. The van der Waals surface area contributed by atoms with Crippen LogP contribution in [0.1, 0.15) is 12.7 Å². The van der Waals surface area contributed by atoms with Gasteiger partial charge in [-0.3, -0.25) is 0 Å². The van der Waals surface area contributed by atoms with E-state index in [1.54, 1.807) is 25.1 Å². The van der Waals surface area contributed by atoms with Crippen LogP contribution < -0.4 is 10.6 Å². The number of carbonyl (C=O) groups is 2. The van der Waals surface area contributed by atoms with Gasteiger partial charge in [0, 0.05) is 16.8 Å². The fourth-order valence-corrected chi connectivity index (χ4v) is 3.50. The van der Waals surface area contributed by atoms with Gasteiger partial charge >= 0.3 is 18.2 Å². The van der Waals surface area contributed by atoms with Crippen molar-refractivity contribution in [1.82, 2.24) is 20.6 Å². The highest BCUT2D eigenvalue weighted by atomic mass is 32.2. The standard InChI is InChI=1S/C17H15F3N4O3S/c1-2-27-14(25)10-7-21-16(26)23-12(10)8-28-13-9-5-3-4-6-11(9)22-15(24-13)17(18,19)20/h3-6H,2,7-8H2,1H3,(H2,21,23,26). The lowest BCUT2D eigenvalue weighted by Crippen LogP contribution is -2.44. The van der Waals surface area contributed by atoms with Crippen molar-refractivity contribution in [3.63, 3.8) is 0 Å². The summed E-state index contributed by atoms with van der Waals surface area (Å²) in [4.78, 5) is 30.9. The Hall–Kier alpha value is -2.82. The Morgan fingerprint density at radius 3 is 2.75 bits per heavy atom. The molecule has 2 amide bonds. The van der Waals surface area contributed by atoms with Crippen LogP contribution in [0.3, 0.4) is 0 Å². The number of esters is 1. The van der Waals surface area contributed by atoms with Crippen LogP contribution in [0.5, 0.6) is 0 Å². The van der Waals surface area contributed by atoms with Crippen molar-refractivity contribution < 1.29 is 27.5 Å². The number of nitrogens with zero attached hydrogens (tertiary/aromatic N) is 2. The molecule has 0 fully saturated rings. The summed E-state index contributed by atoms with van der Waals surface area (Å²) < 4.78 is 44.3. The van der Waals surface area contributed by atoms with Crippen LogP contribution in [0.15, 0.2) is 40.6 Å². The summed E-state index contributed by atoms with van der Waals surface area (Å²) in [5.41, 5.74) is 0.632. The number of hydrogen-bond acceptors (Lipinski definition) is 6. The molecule has 0 radical (unpaired) electrons. The van der Waals surface area contributed by atoms with Gasteiger partial charge in [0.25, 0.3) is 0 Å². The zero-order valence-electron chi connectivity index (χ0n) is 14.6. The second-order valence-electron chi connectivity index (χ2n) is 5.64. The molecule has 7 nitrogen and oxygen atoms in total. The van der Waals surface area contributed by atoms with Gasteiger partial charge in [0.1, 0.15) is 5.03 Å². The van der Waals surface area contributed by atoms with Gasteiger partial charge in [-0.2, -0.15) is 13.2 Å². The molecule has 2 aromatic rings. The van der Waals surface area contributed by atoms with Crippen LogP contribution in [-0.4, -0.2) is 40.9 Å². The van der Waals surface area contributed by atoms with Crippen molar-refractivity contribution in [1.29, 1.82) is 0 Å². The molecule has 3 rings (SSSR count). The molecule has 11 heteroatoms. The summed E-state index contributed by atoms with van der Waals surface area (Å²) in [6.45, 7) is 1.77. The van der Waals surface area contributed by atoms with E-state index in [1.165, 1.54) is 6.07 Å². The SMILES string of the molecule is CCOC(=O)C1=C(CSc2nc(C(F)(F)F)nc3ccccc23)NC(=O)NC1. The van der Waals surface area contributed by atoms with Crippen LogP contribution in [0.25, 0.3) is 10.9 Å². The van der Waals surface area contributed by atoms with E-state index in [9.17, 15) is 22.8 Å². The maximum Gasteiger partial charge on any atom is 0.451 e. The highest BCUT2D eigenvalue weighted by molar-refractivity contribution is 7.99. The number of alkyl halides is 3. The van der Waals surface area contributed by atoms with E-state index in [2.05, 4.69) is 20.6 Å². The molecule has 2 N–H and O–H groups in total. The first kappa shape index (κ1) is 19.9. The van der Waals surface area contributed by atoms with Crippen molar-refractivity contribution in [2.24, 2.45) is 0 Å². The van der Waals surface area contributed by atoms with Crippen molar-refractivity contribution in [2.45, 2.75) is 18.1 Å². The van der Waals surface area contributed by atoms with Gasteiger partial charge in [0.15, 0.2) is 0 Å². The highest BCUT2D eigenvalue weighted by Gasteiger charge is 2.35. The van der Waals surface area contributed by atoms with Crippen molar-refractivity contribution in [3.05, 3.63) is 41.4 Å². The smallest absolute Gasteiger partial charge is 0.451 e. The number of benzene rings is 1. The Labute approximate surface area is 161 Å². The van der Waals surface area contributed by atoms with Crippen LogP contribution in [0, 0.1) is 0 Å². The molecule has 0 saturated heterocycles. The van der Waals surface area contributed by atoms with E-state index in [0.717, 1.165) is 11.8 Å². The zero-order valence-corrected chi connectivity index (χ0v) is 15.4. The second-order valence-corrected chi connectivity index (χ2v) is 6.61. The van der Waals surface area contributed by atoms with Crippen LogP contribution >= 0.6 is 11.8 Å². The average molecular weight is 412 g/mol. The molecule has 0 bridgehead atoms. The molecule has 1 aliphatic rings. The van der Waals surface area contributed by atoms with Gasteiger partial charge in [-0.25, -0.2) is 19.6 Å². The molecule has 0 aliphatic carbocycles. The third-order valence-corrected chi connectivity index (χ3v) is 4.77. The molecule has 1 aromatic carbocycles.